The number of fused-ring (bicyclic) bond motifs is 1. The summed E-state index contributed by atoms with van der Waals surface area (Å²) >= 11 is 0. The molecule has 27 heavy (non-hydrogen) atoms. The number of nitrogens with zero attached hydrogens (tertiary/aromatic N) is 3. The van der Waals surface area contributed by atoms with Crippen LogP contribution in [0.2, 0.25) is 0 Å². The molecule has 1 aliphatic carbocycles. The number of hydrogen-bond donors (Lipinski definition) is 0. The molecule has 0 saturated carbocycles. The summed E-state index contributed by atoms with van der Waals surface area (Å²) in [5, 5.41) is 0. The Morgan fingerprint density at radius 1 is 1.15 bits per heavy atom. The second-order valence-electron chi connectivity index (χ2n) is 7.11. The molecule has 0 atom stereocenters. The van der Waals surface area contributed by atoms with Crippen molar-refractivity contribution in [3.63, 3.8) is 0 Å². The fourth-order valence-electron chi connectivity index (χ4n) is 3.78. The van der Waals surface area contributed by atoms with Gasteiger partial charge in [-0.25, -0.2) is 4.98 Å². The number of anilines is 1. The number of piperazine rings is 1. The highest BCUT2D eigenvalue weighted by Crippen LogP contribution is 2.28. The first-order valence-corrected chi connectivity index (χ1v) is 9.30. The summed E-state index contributed by atoms with van der Waals surface area (Å²) in [5.74, 6) is 0.0894. The second-order valence-corrected chi connectivity index (χ2v) is 7.11. The van der Waals surface area contributed by atoms with Crippen molar-refractivity contribution in [1.82, 2.24) is 9.88 Å². The number of rotatable bonds is 3. The zero-order valence-corrected chi connectivity index (χ0v) is 15.7. The van der Waals surface area contributed by atoms with Crippen molar-refractivity contribution >= 4 is 17.5 Å². The average Bonchev–Trinajstić information content (AvgIpc) is 3.14. The van der Waals surface area contributed by atoms with Crippen LogP contribution in [0.4, 0.5) is 5.69 Å². The predicted octanol–water partition coefficient (Wildman–Crippen LogP) is 2.38. The van der Waals surface area contributed by atoms with Gasteiger partial charge in [0.1, 0.15) is 12.1 Å². The van der Waals surface area contributed by atoms with Crippen LogP contribution < -0.4 is 9.64 Å². The number of methoxy groups -OCH3 is 1. The van der Waals surface area contributed by atoms with Crippen molar-refractivity contribution in [3.05, 3.63) is 52.7 Å². The van der Waals surface area contributed by atoms with Gasteiger partial charge >= 0.3 is 0 Å². The quantitative estimate of drug-likeness (QED) is 0.838. The van der Waals surface area contributed by atoms with E-state index in [1.165, 1.54) is 7.11 Å². The maximum absolute atomic E-state index is 13.0. The Kier molecular flexibility index (Phi) is 4.56. The Hall–Kier alpha value is -2.89. The van der Waals surface area contributed by atoms with Crippen LogP contribution in [-0.4, -0.2) is 48.4 Å². The van der Waals surface area contributed by atoms with E-state index in [0.29, 0.717) is 24.5 Å². The van der Waals surface area contributed by atoms with Gasteiger partial charge in [-0.15, -0.1) is 0 Å². The van der Waals surface area contributed by atoms with Crippen molar-refractivity contribution in [2.75, 3.05) is 31.6 Å². The molecule has 1 saturated heterocycles. The molecule has 1 fully saturated rings. The third kappa shape index (κ3) is 3.27. The third-order valence-electron chi connectivity index (χ3n) is 5.29. The molecule has 6 heteroatoms. The molecule has 2 amide bonds. The molecule has 0 bridgehead atoms. The number of carbonyl (C=O) groups is 2. The lowest BCUT2D eigenvalue weighted by Crippen LogP contribution is -2.52. The first kappa shape index (κ1) is 17.5. The van der Waals surface area contributed by atoms with E-state index < -0.39 is 0 Å². The van der Waals surface area contributed by atoms with Crippen LogP contribution in [0.3, 0.4) is 0 Å². The van der Waals surface area contributed by atoms with E-state index in [1.807, 2.05) is 37.3 Å². The van der Waals surface area contributed by atoms with Gasteiger partial charge in [0.15, 0.2) is 0 Å². The Morgan fingerprint density at radius 2 is 1.93 bits per heavy atom. The number of hydrogen-bond acceptors (Lipinski definition) is 4. The molecular weight excluding hydrogens is 342 g/mol. The minimum atomic E-state index is -0.189. The summed E-state index contributed by atoms with van der Waals surface area (Å²) in [6.07, 6.45) is 2.91. The molecule has 1 aliphatic heterocycles. The highest BCUT2D eigenvalue weighted by atomic mass is 16.5. The van der Waals surface area contributed by atoms with Crippen LogP contribution >= 0.6 is 0 Å². The van der Waals surface area contributed by atoms with Crippen molar-refractivity contribution in [1.29, 1.82) is 0 Å². The largest absolute Gasteiger partial charge is 0.480 e. The molecule has 1 aromatic carbocycles. The molecule has 0 radical (unpaired) electrons. The normalized spacial score (nSPS) is 16.4. The standard InChI is InChI=1S/C21H23N3O3/c1-14-6-8-16(9-7-14)24-11-10-23(13-19(24)25)21(26)17-12-15-4-3-5-18(15)22-20(17)27-2/h6-9,12H,3-5,10-11,13H2,1-2H3. The summed E-state index contributed by atoms with van der Waals surface area (Å²) in [6, 6.07) is 9.76. The smallest absolute Gasteiger partial charge is 0.259 e. The lowest BCUT2D eigenvalue weighted by molar-refractivity contribution is -0.120. The maximum atomic E-state index is 13.0. The SMILES string of the molecule is COc1nc2c(cc1C(=O)N1CCN(c3ccc(C)cc3)C(=O)C1)CCC2. The van der Waals surface area contributed by atoms with Crippen LogP contribution in [0.25, 0.3) is 0 Å². The number of pyridine rings is 1. The van der Waals surface area contributed by atoms with Gasteiger partial charge in [0.05, 0.1) is 7.11 Å². The summed E-state index contributed by atoms with van der Waals surface area (Å²) in [6.45, 7) is 3.04. The molecule has 0 N–H and O–H groups in total. The number of ether oxygens (including phenoxy) is 1. The Bertz CT molecular complexity index is 892. The predicted molar refractivity (Wildman–Crippen MR) is 102 cm³/mol. The Balaban J connectivity index is 1.53. The minimum absolute atomic E-state index is 0.0624. The fourth-order valence-corrected chi connectivity index (χ4v) is 3.78. The molecular formula is C21H23N3O3. The summed E-state index contributed by atoms with van der Waals surface area (Å²) in [7, 11) is 1.53. The average molecular weight is 365 g/mol. The monoisotopic (exact) mass is 365 g/mol. The van der Waals surface area contributed by atoms with E-state index >= 15 is 0 Å². The van der Waals surface area contributed by atoms with E-state index in [2.05, 4.69) is 4.98 Å². The molecule has 2 aliphatic rings. The Morgan fingerprint density at radius 3 is 2.63 bits per heavy atom. The van der Waals surface area contributed by atoms with Gasteiger partial charge in [0, 0.05) is 24.5 Å². The number of aryl methyl sites for hydroxylation is 3. The first-order chi connectivity index (χ1) is 13.1. The second kappa shape index (κ2) is 7.02. The minimum Gasteiger partial charge on any atom is -0.480 e. The number of amides is 2. The molecule has 2 heterocycles. The summed E-state index contributed by atoms with van der Waals surface area (Å²) < 4.78 is 5.36. The zero-order chi connectivity index (χ0) is 19.0. The summed E-state index contributed by atoms with van der Waals surface area (Å²) in [5.41, 5.74) is 4.60. The summed E-state index contributed by atoms with van der Waals surface area (Å²) in [4.78, 5) is 33.5. The van der Waals surface area contributed by atoms with Gasteiger partial charge in [0.25, 0.3) is 5.91 Å². The van der Waals surface area contributed by atoms with Crippen molar-refractivity contribution in [2.24, 2.45) is 0 Å². The lowest BCUT2D eigenvalue weighted by Gasteiger charge is -2.34. The molecule has 2 aromatic rings. The van der Waals surface area contributed by atoms with Crippen LogP contribution in [0.1, 0.15) is 33.6 Å². The van der Waals surface area contributed by atoms with E-state index in [0.717, 1.165) is 41.8 Å². The molecule has 1 aromatic heterocycles. The van der Waals surface area contributed by atoms with E-state index in [1.54, 1.807) is 9.80 Å². The molecule has 140 valence electrons. The van der Waals surface area contributed by atoms with Crippen molar-refractivity contribution < 1.29 is 14.3 Å². The number of aromatic nitrogens is 1. The highest BCUT2D eigenvalue weighted by molar-refractivity contribution is 6.02. The topological polar surface area (TPSA) is 62.7 Å². The molecule has 4 rings (SSSR count). The lowest BCUT2D eigenvalue weighted by atomic mass is 10.1. The van der Waals surface area contributed by atoms with Crippen LogP contribution in [0.15, 0.2) is 30.3 Å². The molecule has 0 unspecified atom stereocenters. The van der Waals surface area contributed by atoms with Gasteiger partial charge in [-0.2, -0.15) is 0 Å². The fraction of sp³-hybridized carbons (Fsp3) is 0.381. The van der Waals surface area contributed by atoms with Crippen LogP contribution in [0, 0.1) is 6.92 Å². The first-order valence-electron chi connectivity index (χ1n) is 9.30. The van der Waals surface area contributed by atoms with Gasteiger partial charge in [-0.05, 0) is 49.9 Å². The van der Waals surface area contributed by atoms with E-state index in [9.17, 15) is 9.59 Å². The maximum Gasteiger partial charge on any atom is 0.259 e. The van der Waals surface area contributed by atoms with E-state index in [-0.39, 0.29) is 18.4 Å². The Labute approximate surface area is 158 Å². The van der Waals surface area contributed by atoms with Gasteiger partial charge in [-0.1, -0.05) is 17.7 Å². The van der Waals surface area contributed by atoms with Gasteiger partial charge < -0.3 is 14.5 Å². The molecule has 0 spiro atoms. The van der Waals surface area contributed by atoms with Crippen LogP contribution in [-0.2, 0) is 17.6 Å². The van der Waals surface area contributed by atoms with E-state index in [4.69, 9.17) is 4.74 Å². The zero-order valence-electron chi connectivity index (χ0n) is 15.7. The number of carbonyl (C=O) groups excluding carboxylic acids is 2. The van der Waals surface area contributed by atoms with Crippen molar-refractivity contribution in [3.8, 4) is 5.88 Å². The highest BCUT2D eigenvalue weighted by Gasteiger charge is 2.31. The number of benzene rings is 1. The van der Waals surface area contributed by atoms with Crippen molar-refractivity contribution in [2.45, 2.75) is 26.2 Å². The van der Waals surface area contributed by atoms with Crippen LogP contribution in [0.5, 0.6) is 5.88 Å². The molecule has 6 nitrogen and oxygen atoms in total. The van der Waals surface area contributed by atoms with Gasteiger partial charge in [-0.3, -0.25) is 9.59 Å². The van der Waals surface area contributed by atoms with Gasteiger partial charge in [0.2, 0.25) is 11.8 Å². The third-order valence-corrected chi connectivity index (χ3v) is 5.29.